The van der Waals surface area contributed by atoms with Gasteiger partial charge in [0, 0.05) is 37.7 Å². The van der Waals surface area contributed by atoms with E-state index in [9.17, 15) is 4.39 Å². The highest BCUT2D eigenvalue weighted by atomic mass is 79.9. The van der Waals surface area contributed by atoms with E-state index in [1.54, 1.807) is 24.7 Å². The van der Waals surface area contributed by atoms with Gasteiger partial charge >= 0.3 is 0 Å². The van der Waals surface area contributed by atoms with Crippen molar-refractivity contribution in [2.45, 2.75) is 12.5 Å². The molecule has 0 amide bonds. The quantitative estimate of drug-likeness (QED) is 0.932. The highest BCUT2D eigenvalue weighted by Crippen LogP contribution is 2.22. The van der Waals surface area contributed by atoms with Gasteiger partial charge in [-0.05, 0) is 34.5 Å². The van der Waals surface area contributed by atoms with E-state index in [0.717, 1.165) is 17.4 Å². The molecule has 0 radical (unpaired) electrons. The minimum atomic E-state index is -0.284. The van der Waals surface area contributed by atoms with Crippen LogP contribution in [0.1, 0.15) is 6.42 Å². The Morgan fingerprint density at radius 2 is 2.10 bits per heavy atom. The van der Waals surface area contributed by atoms with Gasteiger partial charge in [-0.1, -0.05) is 0 Å². The first-order chi connectivity index (χ1) is 9.72. The molecule has 3 rings (SSSR count). The Balaban J connectivity index is 1.65. The molecule has 1 fully saturated rings. The molecule has 1 aliphatic rings. The molecule has 1 aliphatic heterocycles. The zero-order valence-electron chi connectivity index (χ0n) is 10.6. The Morgan fingerprint density at radius 1 is 1.30 bits per heavy atom. The third-order valence-corrected chi connectivity index (χ3v) is 3.59. The monoisotopic (exact) mass is 337 g/mol. The molecule has 1 atom stereocenters. The number of anilines is 2. The van der Waals surface area contributed by atoms with Crippen LogP contribution in [0.25, 0.3) is 0 Å². The SMILES string of the molecule is Fc1cccnc1N1CCC(Nc2ncc(Br)cn2)C1. The van der Waals surface area contributed by atoms with Crippen molar-refractivity contribution in [2.75, 3.05) is 23.3 Å². The predicted octanol–water partition coefficient (Wildman–Crippen LogP) is 2.46. The van der Waals surface area contributed by atoms with Crippen molar-refractivity contribution in [3.05, 3.63) is 41.0 Å². The number of halogens is 2. The van der Waals surface area contributed by atoms with Gasteiger partial charge < -0.3 is 10.2 Å². The lowest BCUT2D eigenvalue weighted by Gasteiger charge is -2.18. The summed E-state index contributed by atoms with van der Waals surface area (Å²) in [5.74, 6) is 0.711. The van der Waals surface area contributed by atoms with Crippen molar-refractivity contribution in [2.24, 2.45) is 0 Å². The Morgan fingerprint density at radius 3 is 2.85 bits per heavy atom. The van der Waals surface area contributed by atoms with Crippen LogP contribution in [-0.2, 0) is 0 Å². The Hall–Kier alpha value is -1.76. The molecule has 5 nitrogen and oxygen atoms in total. The van der Waals surface area contributed by atoms with Crippen LogP contribution in [0.3, 0.4) is 0 Å². The number of nitrogens with zero attached hydrogens (tertiary/aromatic N) is 4. The number of rotatable bonds is 3. The summed E-state index contributed by atoms with van der Waals surface area (Å²) in [4.78, 5) is 14.4. The van der Waals surface area contributed by atoms with Crippen molar-refractivity contribution < 1.29 is 4.39 Å². The number of nitrogens with one attached hydrogen (secondary N) is 1. The zero-order valence-corrected chi connectivity index (χ0v) is 12.2. The Labute approximate surface area is 124 Å². The summed E-state index contributed by atoms with van der Waals surface area (Å²) in [5, 5.41) is 3.25. The molecule has 0 aromatic carbocycles. The second-order valence-corrected chi connectivity index (χ2v) is 5.53. The van der Waals surface area contributed by atoms with E-state index in [1.165, 1.54) is 6.07 Å². The lowest BCUT2D eigenvalue weighted by atomic mass is 10.3. The maximum Gasteiger partial charge on any atom is 0.222 e. The average Bonchev–Trinajstić information content (AvgIpc) is 2.90. The summed E-state index contributed by atoms with van der Waals surface area (Å²) in [7, 11) is 0. The van der Waals surface area contributed by atoms with E-state index >= 15 is 0 Å². The van der Waals surface area contributed by atoms with Gasteiger partial charge in [0.1, 0.15) is 0 Å². The average molecular weight is 338 g/mol. The molecular weight excluding hydrogens is 325 g/mol. The van der Waals surface area contributed by atoms with E-state index in [2.05, 4.69) is 36.2 Å². The number of pyridine rings is 1. The van der Waals surface area contributed by atoms with Crippen LogP contribution < -0.4 is 10.2 Å². The lowest BCUT2D eigenvalue weighted by molar-refractivity contribution is 0.615. The van der Waals surface area contributed by atoms with Crippen LogP contribution >= 0.6 is 15.9 Å². The predicted molar refractivity (Wildman–Crippen MR) is 78.2 cm³/mol. The van der Waals surface area contributed by atoms with Gasteiger partial charge in [-0.25, -0.2) is 19.3 Å². The standard InChI is InChI=1S/C13H13BrFN5/c14-9-6-17-13(18-7-9)19-10-3-5-20(8-10)12-11(15)2-1-4-16-12/h1-2,4,6-7,10H,3,5,8H2,(H,17,18,19). The Bertz CT molecular complexity index is 592. The van der Waals surface area contributed by atoms with Crippen molar-refractivity contribution >= 4 is 27.7 Å². The minimum absolute atomic E-state index is 0.192. The van der Waals surface area contributed by atoms with Crippen LogP contribution in [0.2, 0.25) is 0 Å². The highest BCUT2D eigenvalue weighted by Gasteiger charge is 2.25. The molecule has 1 unspecified atom stereocenters. The first-order valence-electron chi connectivity index (χ1n) is 6.32. The minimum Gasteiger partial charge on any atom is -0.352 e. The summed E-state index contributed by atoms with van der Waals surface area (Å²) in [5.41, 5.74) is 0. The first kappa shape index (κ1) is 13.2. The second kappa shape index (κ2) is 5.70. The maximum atomic E-state index is 13.7. The molecule has 3 heterocycles. The largest absolute Gasteiger partial charge is 0.352 e. The topological polar surface area (TPSA) is 53.9 Å². The van der Waals surface area contributed by atoms with E-state index in [4.69, 9.17) is 0 Å². The summed E-state index contributed by atoms with van der Waals surface area (Å²) in [6.07, 6.45) is 5.90. The lowest BCUT2D eigenvalue weighted by Crippen LogP contribution is -2.27. The maximum absolute atomic E-state index is 13.7. The molecule has 1 saturated heterocycles. The van der Waals surface area contributed by atoms with Gasteiger partial charge in [0.05, 0.1) is 4.47 Å². The van der Waals surface area contributed by atoms with Crippen molar-refractivity contribution in [1.82, 2.24) is 15.0 Å². The number of hydrogen-bond acceptors (Lipinski definition) is 5. The fourth-order valence-electron chi connectivity index (χ4n) is 2.25. The van der Waals surface area contributed by atoms with Crippen LogP contribution in [0.15, 0.2) is 35.2 Å². The molecular formula is C13H13BrFN5. The van der Waals surface area contributed by atoms with Gasteiger partial charge in [0.2, 0.25) is 5.95 Å². The fourth-order valence-corrected chi connectivity index (χ4v) is 2.45. The van der Waals surface area contributed by atoms with Gasteiger partial charge in [0.25, 0.3) is 0 Å². The number of hydrogen-bond donors (Lipinski definition) is 1. The summed E-state index contributed by atoms with van der Waals surface area (Å²) in [6.45, 7) is 1.45. The van der Waals surface area contributed by atoms with Gasteiger partial charge in [-0.2, -0.15) is 0 Å². The molecule has 0 aliphatic carbocycles. The molecule has 2 aromatic heterocycles. The van der Waals surface area contributed by atoms with E-state index in [-0.39, 0.29) is 11.9 Å². The smallest absolute Gasteiger partial charge is 0.222 e. The number of aromatic nitrogens is 3. The molecule has 1 N–H and O–H groups in total. The van der Waals surface area contributed by atoms with Crippen molar-refractivity contribution in [3.63, 3.8) is 0 Å². The van der Waals surface area contributed by atoms with Gasteiger partial charge in [0.15, 0.2) is 11.6 Å². The normalized spacial score (nSPS) is 18.3. The molecule has 0 saturated carbocycles. The molecule has 0 spiro atoms. The summed E-state index contributed by atoms with van der Waals surface area (Å²) < 4.78 is 14.5. The highest BCUT2D eigenvalue weighted by molar-refractivity contribution is 9.10. The van der Waals surface area contributed by atoms with Crippen molar-refractivity contribution in [3.8, 4) is 0 Å². The van der Waals surface area contributed by atoms with Crippen LogP contribution in [0, 0.1) is 5.82 Å². The molecule has 2 aromatic rings. The van der Waals surface area contributed by atoms with E-state index < -0.39 is 0 Å². The molecule has 7 heteroatoms. The van der Waals surface area contributed by atoms with Gasteiger partial charge in [-0.15, -0.1) is 0 Å². The van der Waals surface area contributed by atoms with Gasteiger partial charge in [-0.3, -0.25) is 0 Å². The van der Waals surface area contributed by atoms with Crippen molar-refractivity contribution in [1.29, 1.82) is 0 Å². The van der Waals surface area contributed by atoms with Crippen LogP contribution in [0.4, 0.5) is 16.2 Å². The summed E-state index contributed by atoms with van der Waals surface area (Å²) in [6, 6.07) is 3.22. The van der Waals surface area contributed by atoms with Crippen LogP contribution in [0.5, 0.6) is 0 Å². The fraction of sp³-hybridized carbons (Fsp3) is 0.308. The van der Waals surface area contributed by atoms with Crippen LogP contribution in [-0.4, -0.2) is 34.1 Å². The molecule has 20 heavy (non-hydrogen) atoms. The molecule has 104 valence electrons. The Kier molecular flexibility index (Phi) is 3.77. The first-order valence-corrected chi connectivity index (χ1v) is 7.11. The van der Waals surface area contributed by atoms with E-state index in [1.807, 2.05) is 4.90 Å². The third-order valence-electron chi connectivity index (χ3n) is 3.18. The van der Waals surface area contributed by atoms with E-state index in [0.29, 0.717) is 18.3 Å². The summed E-state index contributed by atoms with van der Waals surface area (Å²) >= 11 is 3.30. The third kappa shape index (κ3) is 2.87. The molecule has 0 bridgehead atoms. The second-order valence-electron chi connectivity index (χ2n) is 4.61. The zero-order chi connectivity index (χ0) is 13.9.